The first-order chi connectivity index (χ1) is 10.7. The van der Waals surface area contributed by atoms with E-state index in [0.717, 1.165) is 6.07 Å². The minimum atomic E-state index is -1.13. The molecular formula is C17H18F2N2O2. The minimum Gasteiger partial charge on any atom is -0.396 e. The first kappa shape index (κ1) is 15.6. The first-order valence-electron chi connectivity index (χ1n) is 7.42. The Labute approximate surface area is 132 Å². The fourth-order valence-corrected chi connectivity index (χ4v) is 3.70. The molecule has 23 heavy (non-hydrogen) atoms. The van der Waals surface area contributed by atoms with E-state index in [1.807, 2.05) is 13.8 Å². The second kappa shape index (κ2) is 4.88. The Morgan fingerprint density at radius 1 is 1.26 bits per heavy atom. The zero-order valence-electron chi connectivity index (χ0n) is 13.0. The number of ketones is 1. The molecule has 6 heteroatoms. The van der Waals surface area contributed by atoms with E-state index in [-0.39, 0.29) is 22.5 Å². The van der Waals surface area contributed by atoms with Gasteiger partial charge in [0.15, 0.2) is 17.4 Å². The fraction of sp³-hybridized carbons (Fsp3) is 0.412. The zero-order valence-corrected chi connectivity index (χ0v) is 13.0. The van der Waals surface area contributed by atoms with Crippen molar-refractivity contribution in [2.24, 2.45) is 16.6 Å². The highest BCUT2D eigenvalue weighted by Crippen LogP contribution is 2.47. The molecule has 4 nitrogen and oxygen atoms in total. The Morgan fingerprint density at radius 3 is 2.52 bits per heavy atom. The maximum absolute atomic E-state index is 13.7. The third-order valence-electron chi connectivity index (χ3n) is 4.61. The summed E-state index contributed by atoms with van der Waals surface area (Å²) >= 11 is 0. The lowest BCUT2D eigenvalue weighted by molar-refractivity contribution is -0.127. The molecule has 122 valence electrons. The number of likely N-dealkylation sites (tertiary alicyclic amines) is 1. The van der Waals surface area contributed by atoms with Gasteiger partial charge in [-0.1, -0.05) is 19.9 Å². The van der Waals surface area contributed by atoms with Crippen LogP contribution in [0.4, 0.5) is 8.78 Å². The van der Waals surface area contributed by atoms with Crippen LogP contribution in [0.1, 0.15) is 30.6 Å². The number of halogens is 2. The van der Waals surface area contributed by atoms with Crippen LogP contribution in [-0.2, 0) is 4.79 Å². The average molecular weight is 320 g/mol. The molecule has 0 aromatic heterocycles. The second-order valence-electron chi connectivity index (χ2n) is 7.11. The van der Waals surface area contributed by atoms with Crippen LogP contribution in [0, 0.1) is 22.5 Å². The molecule has 1 aliphatic heterocycles. The number of allylic oxidation sites excluding steroid dienone is 1. The Kier molecular flexibility index (Phi) is 3.32. The van der Waals surface area contributed by atoms with Gasteiger partial charge in [0.25, 0.3) is 5.91 Å². The molecule has 0 bridgehead atoms. The van der Waals surface area contributed by atoms with E-state index in [1.54, 1.807) is 6.08 Å². The Bertz CT molecular complexity index is 734. The number of benzene rings is 1. The molecule has 0 unspecified atom stereocenters. The van der Waals surface area contributed by atoms with Crippen LogP contribution >= 0.6 is 0 Å². The average Bonchev–Trinajstić information content (AvgIpc) is 2.44. The minimum absolute atomic E-state index is 0.0934. The number of carbonyl (C=O) groups excluding carboxylic acids is 2. The highest BCUT2D eigenvalue weighted by molar-refractivity contribution is 6.00. The van der Waals surface area contributed by atoms with Gasteiger partial charge in [0, 0.05) is 23.9 Å². The van der Waals surface area contributed by atoms with Gasteiger partial charge in [-0.3, -0.25) is 9.59 Å². The summed E-state index contributed by atoms with van der Waals surface area (Å²) in [7, 11) is 0. The van der Waals surface area contributed by atoms with Crippen LogP contribution in [0.15, 0.2) is 30.0 Å². The van der Waals surface area contributed by atoms with E-state index < -0.39 is 23.0 Å². The van der Waals surface area contributed by atoms with Crippen molar-refractivity contribution in [3.63, 3.8) is 0 Å². The summed E-state index contributed by atoms with van der Waals surface area (Å²) in [4.78, 5) is 25.8. The third-order valence-corrected chi connectivity index (χ3v) is 4.61. The van der Waals surface area contributed by atoms with Crippen molar-refractivity contribution in [2.45, 2.75) is 20.3 Å². The fourth-order valence-electron chi connectivity index (χ4n) is 3.70. The maximum atomic E-state index is 13.7. The van der Waals surface area contributed by atoms with Gasteiger partial charge in [0.05, 0.1) is 11.3 Å². The molecule has 1 saturated heterocycles. The van der Waals surface area contributed by atoms with E-state index in [2.05, 4.69) is 0 Å². The summed E-state index contributed by atoms with van der Waals surface area (Å²) in [5, 5.41) is 0. The summed E-state index contributed by atoms with van der Waals surface area (Å²) < 4.78 is 27.0. The predicted octanol–water partition coefficient (Wildman–Crippen LogP) is 2.25. The summed E-state index contributed by atoms with van der Waals surface area (Å²) in [6, 6.07) is 3.55. The van der Waals surface area contributed by atoms with Crippen LogP contribution in [0.25, 0.3) is 0 Å². The Balaban J connectivity index is 1.80. The topological polar surface area (TPSA) is 63.4 Å². The maximum Gasteiger partial charge on any atom is 0.257 e. The molecule has 1 amide bonds. The highest BCUT2D eigenvalue weighted by Gasteiger charge is 2.52. The van der Waals surface area contributed by atoms with E-state index in [0.29, 0.717) is 19.5 Å². The quantitative estimate of drug-likeness (QED) is 0.863. The number of hydrogen-bond acceptors (Lipinski definition) is 3. The standard InChI is InChI=1S/C17H18F2N2O2/c1-16(2)7-17(6-12(20)14(16)22)8-21(9-17)15(23)10-4-3-5-11(18)13(10)19/h3-6H,7-9,20H2,1-2H3. The molecule has 0 saturated carbocycles. The van der Waals surface area contributed by atoms with Crippen molar-refractivity contribution >= 4 is 11.7 Å². The molecule has 3 rings (SSSR count). The molecule has 0 radical (unpaired) electrons. The van der Waals surface area contributed by atoms with Gasteiger partial charge in [-0.05, 0) is 24.6 Å². The predicted molar refractivity (Wildman–Crippen MR) is 80.4 cm³/mol. The largest absolute Gasteiger partial charge is 0.396 e. The van der Waals surface area contributed by atoms with Crippen molar-refractivity contribution in [2.75, 3.05) is 13.1 Å². The number of hydrogen-bond donors (Lipinski definition) is 1. The van der Waals surface area contributed by atoms with Gasteiger partial charge < -0.3 is 10.6 Å². The van der Waals surface area contributed by atoms with Gasteiger partial charge in [-0.15, -0.1) is 0 Å². The van der Waals surface area contributed by atoms with Crippen LogP contribution in [0.5, 0.6) is 0 Å². The van der Waals surface area contributed by atoms with Crippen LogP contribution < -0.4 is 5.73 Å². The molecule has 0 atom stereocenters. The third kappa shape index (κ3) is 2.42. The molecule has 1 aromatic rings. The number of nitrogens with zero attached hydrogens (tertiary/aromatic N) is 1. The monoisotopic (exact) mass is 320 g/mol. The van der Waals surface area contributed by atoms with Gasteiger partial charge >= 0.3 is 0 Å². The van der Waals surface area contributed by atoms with Crippen molar-refractivity contribution in [1.29, 1.82) is 0 Å². The second-order valence-corrected chi connectivity index (χ2v) is 7.11. The highest BCUT2D eigenvalue weighted by atomic mass is 19.2. The van der Waals surface area contributed by atoms with Gasteiger partial charge in [-0.2, -0.15) is 0 Å². The van der Waals surface area contributed by atoms with E-state index in [4.69, 9.17) is 5.73 Å². The summed E-state index contributed by atoms with van der Waals surface area (Å²) in [6.45, 7) is 4.35. The van der Waals surface area contributed by atoms with Crippen molar-refractivity contribution < 1.29 is 18.4 Å². The van der Waals surface area contributed by atoms with Crippen LogP contribution in [0.3, 0.4) is 0 Å². The van der Waals surface area contributed by atoms with Crippen molar-refractivity contribution in [3.05, 3.63) is 47.2 Å². The zero-order chi connectivity index (χ0) is 17.0. The van der Waals surface area contributed by atoms with E-state index in [9.17, 15) is 18.4 Å². The number of amides is 1. The lowest BCUT2D eigenvalue weighted by atomic mass is 9.62. The van der Waals surface area contributed by atoms with Crippen LogP contribution in [-0.4, -0.2) is 29.7 Å². The number of Topliss-reactive ketones (excluding diaryl/α,β-unsaturated/α-hetero) is 1. The molecule has 1 spiro atoms. The Morgan fingerprint density at radius 2 is 1.91 bits per heavy atom. The molecule has 1 fully saturated rings. The lowest BCUT2D eigenvalue weighted by Gasteiger charge is -2.53. The van der Waals surface area contributed by atoms with Crippen molar-refractivity contribution in [3.8, 4) is 0 Å². The van der Waals surface area contributed by atoms with E-state index >= 15 is 0 Å². The number of rotatable bonds is 1. The molecule has 1 aromatic carbocycles. The normalized spacial score (nSPS) is 21.8. The first-order valence-corrected chi connectivity index (χ1v) is 7.42. The van der Waals surface area contributed by atoms with Gasteiger partial charge in [0.1, 0.15) is 0 Å². The number of carbonyl (C=O) groups is 2. The molecule has 2 aliphatic rings. The number of nitrogens with two attached hydrogens (primary N) is 1. The Hall–Kier alpha value is -2.24. The summed E-state index contributed by atoms with van der Waals surface area (Å²) in [6.07, 6.45) is 2.29. The van der Waals surface area contributed by atoms with Gasteiger partial charge in [-0.25, -0.2) is 8.78 Å². The SMILES string of the molecule is CC1(C)CC2(C=C(N)C1=O)CN(C(=O)c1cccc(F)c1F)C2. The molecule has 1 aliphatic carbocycles. The lowest BCUT2D eigenvalue weighted by Crippen LogP contribution is -2.61. The van der Waals surface area contributed by atoms with E-state index in [1.165, 1.54) is 17.0 Å². The van der Waals surface area contributed by atoms with Gasteiger partial charge in [0.2, 0.25) is 0 Å². The summed E-state index contributed by atoms with van der Waals surface area (Å²) in [5.41, 5.74) is 4.81. The molecule has 2 N–H and O–H groups in total. The van der Waals surface area contributed by atoms with Crippen LogP contribution in [0.2, 0.25) is 0 Å². The smallest absolute Gasteiger partial charge is 0.257 e. The molecule has 1 heterocycles. The van der Waals surface area contributed by atoms with Crippen molar-refractivity contribution in [1.82, 2.24) is 4.90 Å². The molecular weight excluding hydrogens is 302 g/mol. The summed E-state index contributed by atoms with van der Waals surface area (Å²) in [5.74, 6) is -2.81.